The van der Waals surface area contributed by atoms with E-state index in [1.807, 2.05) is 31.5 Å². The van der Waals surface area contributed by atoms with Crippen LogP contribution in [0.3, 0.4) is 0 Å². The molecule has 0 radical (unpaired) electrons. The lowest BCUT2D eigenvalue weighted by Gasteiger charge is -2.28. The van der Waals surface area contributed by atoms with Gasteiger partial charge in [0.1, 0.15) is 5.01 Å². The predicted octanol–water partition coefficient (Wildman–Crippen LogP) is 3.38. The normalized spacial score (nSPS) is 18.9. The third-order valence-electron chi connectivity index (χ3n) is 3.52. The Hall–Kier alpha value is -1.16. The minimum Gasteiger partial charge on any atom is -0.340 e. The lowest BCUT2D eigenvalue weighted by Crippen LogP contribution is -2.44. The first-order valence-electron chi connectivity index (χ1n) is 6.57. The number of allylic oxidation sites excluding steroid dienone is 1. The second-order valence-corrected chi connectivity index (χ2v) is 5.77. The van der Waals surface area contributed by atoms with Crippen LogP contribution >= 0.6 is 11.3 Å². The van der Waals surface area contributed by atoms with Gasteiger partial charge in [-0.05, 0) is 26.2 Å². The van der Waals surface area contributed by atoms with Crippen molar-refractivity contribution in [2.75, 3.05) is 0 Å². The van der Waals surface area contributed by atoms with E-state index in [0.29, 0.717) is 0 Å². The number of carbonyl (C=O) groups excluding carboxylic acids is 1. The maximum absolute atomic E-state index is 12.2. The number of rotatable bonds is 4. The van der Waals surface area contributed by atoms with Crippen LogP contribution in [0.1, 0.15) is 51.0 Å². The molecule has 1 heterocycles. The van der Waals surface area contributed by atoms with Crippen molar-refractivity contribution in [3.8, 4) is 0 Å². The van der Waals surface area contributed by atoms with Gasteiger partial charge in [0.25, 0.3) is 0 Å². The van der Waals surface area contributed by atoms with E-state index in [2.05, 4.69) is 10.3 Å². The molecule has 0 spiro atoms. The van der Waals surface area contributed by atoms with Crippen molar-refractivity contribution in [1.82, 2.24) is 10.3 Å². The highest BCUT2D eigenvalue weighted by Crippen LogP contribution is 2.39. The smallest absolute Gasteiger partial charge is 0.247 e. The zero-order valence-electron chi connectivity index (χ0n) is 11.0. The molecule has 18 heavy (non-hydrogen) atoms. The van der Waals surface area contributed by atoms with E-state index in [9.17, 15) is 4.79 Å². The Morgan fingerprint density at radius 3 is 2.83 bits per heavy atom. The number of aromatic nitrogens is 1. The first-order chi connectivity index (χ1) is 8.68. The largest absolute Gasteiger partial charge is 0.340 e. The Kier molecular flexibility index (Phi) is 4.17. The highest BCUT2D eigenvalue weighted by Gasteiger charge is 2.39. The monoisotopic (exact) mass is 264 g/mol. The summed E-state index contributed by atoms with van der Waals surface area (Å²) in [5, 5.41) is 6.26. The van der Waals surface area contributed by atoms with E-state index in [1.165, 1.54) is 0 Å². The highest BCUT2D eigenvalue weighted by atomic mass is 32.1. The maximum Gasteiger partial charge on any atom is 0.247 e. The molecule has 2 rings (SSSR count). The van der Waals surface area contributed by atoms with Gasteiger partial charge in [0.15, 0.2) is 0 Å². The van der Waals surface area contributed by atoms with Gasteiger partial charge in [0.2, 0.25) is 5.91 Å². The molecule has 1 fully saturated rings. The third kappa shape index (κ3) is 2.64. The molecule has 1 N–H and O–H groups in total. The third-order valence-corrected chi connectivity index (χ3v) is 4.50. The number of thiazole rings is 1. The maximum atomic E-state index is 12.2. The van der Waals surface area contributed by atoms with Gasteiger partial charge in [-0.3, -0.25) is 4.79 Å². The van der Waals surface area contributed by atoms with Crippen LogP contribution in [0.2, 0.25) is 0 Å². The molecule has 1 amide bonds. The van der Waals surface area contributed by atoms with Crippen LogP contribution < -0.4 is 5.32 Å². The number of nitrogens with zero attached hydrogens (tertiary/aromatic N) is 1. The van der Waals surface area contributed by atoms with Crippen LogP contribution in [0.4, 0.5) is 0 Å². The van der Waals surface area contributed by atoms with E-state index < -0.39 is 0 Å². The molecule has 1 aromatic rings. The summed E-state index contributed by atoms with van der Waals surface area (Å²) in [5.74, 6) is 0.0500. The average molecular weight is 264 g/mol. The molecule has 1 aliphatic rings. The highest BCUT2D eigenvalue weighted by molar-refractivity contribution is 7.09. The predicted molar refractivity (Wildman–Crippen MR) is 74.5 cm³/mol. The van der Waals surface area contributed by atoms with Crippen molar-refractivity contribution < 1.29 is 4.79 Å². The molecule has 3 nitrogen and oxygen atoms in total. The van der Waals surface area contributed by atoms with Crippen LogP contribution in [-0.4, -0.2) is 10.9 Å². The van der Waals surface area contributed by atoms with Crippen LogP contribution in [0.25, 0.3) is 0 Å². The van der Waals surface area contributed by atoms with Crippen molar-refractivity contribution in [2.24, 2.45) is 0 Å². The standard InChI is InChI=1S/C14H20N2OS/c1-3-6-11(2)12(17)16-14(7-4-5-8-14)13-15-9-10-18-13/h6,9-10H,3-5,7-8H2,1-2H3,(H,16,17)/b11-6+. The van der Waals surface area contributed by atoms with E-state index in [-0.39, 0.29) is 11.4 Å². The Bertz CT molecular complexity index is 431. The Morgan fingerprint density at radius 2 is 2.28 bits per heavy atom. The topological polar surface area (TPSA) is 42.0 Å². The summed E-state index contributed by atoms with van der Waals surface area (Å²) in [6, 6.07) is 0. The fourth-order valence-electron chi connectivity index (χ4n) is 2.55. The van der Waals surface area contributed by atoms with E-state index in [1.54, 1.807) is 11.3 Å². The summed E-state index contributed by atoms with van der Waals surface area (Å²) in [7, 11) is 0. The Labute approximate surface area is 112 Å². The van der Waals surface area contributed by atoms with Gasteiger partial charge in [-0.25, -0.2) is 4.98 Å². The van der Waals surface area contributed by atoms with Crippen LogP contribution in [0, 0.1) is 0 Å². The van der Waals surface area contributed by atoms with E-state index in [0.717, 1.165) is 42.7 Å². The zero-order valence-corrected chi connectivity index (χ0v) is 11.8. The molecule has 1 aliphatic carbocycles. The fourth-order valence-corrected chi connectivity index (χ4v) is 3.40. The summed E-state index contributed by atoms with van der Waals surface area (Å²) in [5.41, 5.74) is 0.592. The summed E-state index contributed by atoms with van der Waals surface area (Å²) < 4.78 is 0. The molecule has 0 unspecified atom stereocenters. The molecule has 0 aliphatic heterocycles. The van der Waals surface area contributed by atoms with Gasteiger partial charge in [-0.2, -0.15) is 0 Å². The molecule has 0 saturated heterocycles. The molecule has 0 aromatic carbocycles. The molecule has 4 heteroatoms. The summed E-state index contributed by atoms with van der Waals surface area (Å²) in [6.07, 6.45) is 9.02. The van der Waals surface area contributed by atoms with Gasteiger partial charge in [0.05, 0.1) is 5.54 Å². The van der Waals surface area contributed by atoms with Crippen molar-refractivity contribution >= 4 is 17.2 Å². The molecular weight excluding hydrogens is 244 g/mol. The van der Waals surface area contributed by atoms with Gasteiger partial charge < -0.3 is 5.32 Å². The second-order valence-electron chi connectivity index (χ2n) is 4.88. The number of carbonyl (C=O) groups is 1. The Morgan fingerprint density at radius 1 is 1.56 bits per heavy atom. The van der Waals surface area contributed by atoms with Crippen LogP contribution in [0.5, 0.6) is 0 Å². The molecule has 98 valence electrons. The number of amides is 1. The lowest BCUT2D eigenvalue weighted by molar-refractivity contribution is -0.119. The van der Waals surface area contributed by atoms with Gasteiger partial charge in [-0.15, -0.1) is 11.3 Å². The quantitative estimate of drug-likeness (QED) is 0.847. The first kappa shape index (κ1) is 13.3. The zero-order chi connectivity index (χ0) is 13.0. The SMILES string of the molecule is CC/C=C(\C)C(=O)NC1(c2nccs2)CCCC1. The minimum atomic E-state index is -0.214. The van der Waals surface area contributed by atoms with Gasteiger partial charge in [0, 0.05) is 17.2 Å². The molecule has 0 atom stereocenters. The van der Waals surface area contributed by atoms with E-state index in [4.69, 9.17) is 0 Å². The summed E-state index contributed by atoms with van der Waals surface area (Å²) >= 11 is 1.64. The Balaban J connectivity index is 2.18. The van der Waals surface area contributed by atoms with Crippen molar-refractivity contribution in [3.63, 3.8) is 0 Å². The first-order valence-corrected chi connectivity index (χ1v) is 7.45. The average Bonchev–Trinajstić information content (AvgIpc) is 3.00. The molecular formula is C14H20N2OS. The van der Waals surface area contributed by atoms with Crippen molar-refractivity contribution in [2.45, 2.75) is 51.5 Å². The summed E-state index contributed by atoms with van der Waals surface area (Å²) in [4.78, 5) is 16.6. The van der Waals surface area contributed by atoms with Gasteiger partial charge >= 0.3 is 0 Å². The summed E-state index contributed by atoms with van der Waals surface area (Å²) in [6.45, 7) is 3.92. The van der Waals surface area contributed by atoms with Crippen LogP contribution in [0.15, 0.2) is 23.2 Å². The number of hydrogen-bond donors (Lipinski definition) is 1. The number of hydrogen-bond acceptors (Lipinski definition) is 3. The van der Waals surface area contributed by atoms with Crippen molar-refractivity contribution in [3.05, 3.63) is 28.2 Å². The van der Waals surface area contributed by atoms with E-state index >= 15 is 0 Å². The molecule has 1 aromatic heterocycles. The fraction of sp³-hybridized carbons (Fsp3) is 0.571. The second kappa shape index (κ2) is 5.65. The molecule has 1 saturated carbocycles. The van der Waals surface area contributed by atoms with Gasteiger partial charge in [-0.1, -0.05) is 25.8 Å². The van der Waals surface area contributed by atoms with Crippen molar-refractivity contribution in [1.29, 1.82) is 0 Å². The molecule has 0 bridgehead atoms. The lowest BCUT2D eigenvalue weighted by atomic mass is 9.97. The minimum absolute atomic E-state index is 0.0500. The van der Waals surface area contributed by atoms with Crippen LogP contribution in [-0.2, 0) is 10.3 Å². The number of nitrogens with one attached hydrogen (secondary N) is 1.